The highest BCUT2D eigenvalue weighted by molar-refractivity contribution is 6.08. The fourth-order valence-electron chi connectivity index (χ4n) is 4.71. The Hall–Kier alpha value is -5.49. The number of aromatic hydroxyl groups is 1. The van der Waals surface area contributed by atoms with E-state index in [1.807, 2.05) is 78.9 Å². The number of carbonyl (C=O) groups is 2. The molecule has 6 rings (SSSR count). The SMILES string of the molecule is O=C(N/N=C/c1c(OC(=O)c2cccc3ccccc23)ccc2ccccc12)c1ccc2ccccc2c1O. The normalized spacial score (nSPS) is 11.3. The topological polar surface area (TPSA) is 88.0 Å². The standard InChI is InChI=1S/C33H22N2O4/c36-31-26-14-6-3-10-23(26)16-18-28(31)32(37)35-34-20-29-25-13-5-2-9-22(25)17-19-30(29)39-33(38)27-15-7-11-21-8-1-4-12-24(21)27/h1-20,36H,(H,35,37)/b34-20+. The summed E-state index contributed by atoms with van der Waals surface area (Å²) in [7, 11) is 0. The van der Waals surface area contributed by atoms with E-state index in [2.05, 4.69) is 10.5 Å². The molecular weight excluding hydrogens is 488 g/mol. The lowest BCUT2D eigenvalue weighted by molar-refractivity contribution is 0.0736. The Kier molecular flexibility index (Phi) is 6.19. The van der Waals surface area contributed by atoms with Crippen molar-refractivity contribution in [2.24, 2.45) is 5.10 Å². The second-order valence-electron chi connectivity index (χ2n) is 9.00. The van der Waals surface area contributed by atoms with Crippen LogP contribution in [-0.2, 0) is 0 Å². The highest BCUT2D eigenvalue weighted by atomic mass is 16.5. The first-order chi connectivity index (χ1) is 19.1. The third-order valence-corrected chi connectivity index (χ3v) is 6.65. The zero-order chi connectivity index (χ0) is 26.8. The van der Waals surface area contributed by atoms with E-state index in [0.29, 0.717) is 22.3 Å². The van der Waals surface area contributed by atoms with Gasteiger partial charge in [0.2, 0.25) is 0 Å². The van der Waals surface area contributed by atoms with E-state index in [1.54, 1.807) is 36.4 Å². The quantitative estimate of drug-likeness (QED) is 0.115. The van der Waals surface area contributed by atoms with E-state index in [-0.39, 0.29) is 11.3 Å². The maximum absolute atomic E-state index is 13.3. The van der Waals surface area contributed by atoms with Crippen LogP contribution in [0.3, 0.4) is 0 Å². The van der Waals surface area contributed by atoms with Crippen molar-refractivity contribution in [1.29, 1.82) is 0 Å². The predicted molar refractivity (Wildman–Crippen MR) is 154 cm³/mol. The highest BCUT2D eigenvalue weighted by Gasteiger charge is 2.17. The third kappa shape index (κ3) is 4.55. The fraction of sp³-hybridized carbons (Fsp3) is 0. The van der Waals surface area contributed by atoms with E-state index < -0.39 is 11.9 Å². The molecule has 6 aromatic rings. The Labute approximate surface area is 223 Å². The van der Waals surface area contributed by atoms with Crippen LogP contribution in [0, 0.1) is 0 Å². The van der Waals surface area contributed by atoms with Crippen molar-refractivity contribution in [3.05, 3.63) is 132 Å². The molecule has 0 bridgehead atoms. The van der Waals surface area contributed by atoms with Crippen LogP contribution in [0.25, 0.3) is 32.3 Å². The van der Waals surface area contributed by atoms with Crippen LogP contribution in [0.5, 0.6) is 11.5 Å². The van der Waals surface area contributed by atoms with Crippen LogP contribution in [0.1, 0.15) is 26.3 Å². The number of phenols is 1. The van der Waals surface area contributed by atoms with Gasteiger partial charge in [0.15, 0.2) is 0 Å². The van der Waals surface area contributed by atoms with E-state index in [0.717, 1.165) is 26.9 Å². The number of phenolic OH excluding ortho intramolecular Hbond substituents is 1. The summed E-state index contributed by atoms with van der Waals surface area (Å²) in [4.78, 5) is 26.1. The van der Waals surface area contributed by atoms with Crippen molar-refractivity contribution in [1.82, 2.24) is 5.43 Å². The molecule has 0 fully saturated rings. The molecule has 0 heterocycles. The van der Waals surface area contributed by atoms with E-state index in [9.17, 15) is 14.7 Å². The number of carbonyl (C=O) groups excluding carboxylic acids is 2. The van der Waals surface area contributed by atoms with Gasteiger partial charge in [0, 0.05) is 10.9 Å². The van der Waals surface area contributed by atoms with Gasteiger partial charge in [0.25, 0.3) is 5.91 Å². The molecular formula is C33H22N2O4. The lowest BCUT2D eigenvalue weighted by atomic mass is 10.0. The molecule has 39 heavy (non-hydrogen) atoms. The van der Waals surface area contributed by atoms with Crippen molar-refractivity contribution in [3.8, 4) is 11.5 Å². The molecule has 6 nitrogen and oxygen atoms in total. The number of fused-ring (bicyclic) bond motifs is 3. The molecule has 0 aliphatic heterocycles. The number of benzene rings is 6. The van der Waals surface area contributed by atoms with Crippen LogP contribution in [0.4, 0.5) is 0 Å². The fourth-order valence-corrected chi connectivity index (χ4v) is 4.71. The van der Waals surface area contributed by atoms with Crippen molar-refractivity contribution in [2.75, 3.05) is 0 Å². The highest BCUT2D eigenvalue weighted by Crippen LogP contribution is 2.30. The lowest BCUT2D eigenvalue weighted by Gasteiger charge is -2.12. The molecule has 6 aromatic carbocycles. The number of hydrogen-bond acceptors (Lipinski definition) is 5. The van der Waals surface area contributed by atoms with Gasteiger partial charge in [-0.15, -0.1) is 0 Å². The molecule has 1 amide bonds. The molecule has 0 unspecified atom stereocenters. The summed E-state index contributed by atoms with van der Waals surface area (Å²) in [6, 6.07) is 34.9. The monoisotopic (exact) mass is 510 g/mol. The molecule has 0 atom stereocenters. The number of nitrogens with zero attached hydrogens (tertiary/aromatic N) is 1. The molecule has 0 aliphatic rings. The smallest absolute Gasteiger partial charge is 0.344 e. The molecule has 2 N–H and O–H groups in total. The van der Waals surface area contributed by atoms with Crippen molar-refractivity contribution in [2.45, 2.75) is 0 Å². The summed E-state index contributed by atoms with van der Waals surface area (Å²) in [6.07, 6.45) is 1.45. The van der Waals surface area contributed by atoms with Gasteiger partial charge in [-0.25, -0.2) is 10.2 Å². The number of esters is 1. The van der Waals surface area contributed by atoms with E-state index >= 15 is 0 Å². The number of amides is 1. The molecule has 0 aromatic heterocycles. The zero-order valence-electron chi connectivity index (χ0n) is 20.7. The van der Waals surface area contributed by atoms with E-state index in [4.69, 9.17) is 4.74 Å². The Morgan fingerprint density at radius 3 is 2.00 bits per heavy atom. The maximum Gasteiger partial charge on any atom is 0.344 e. The van der Waals surface area contributed by atoms with Gasteiger partial charge in [0.1, 0.15) is 11.5 Å². The Bertz CT molecular complexity index is 1920. The number of hydrazone groups is 1. The minimum Gasteiger partial charge on any atom is -0.506 e. The minimum atomic E-state index is -0.566. The van der Waals surface area contributed by atoms with Crippen molar-refractivity contribution >= 4 is 50.4 Å². The third-order valence-electron chi connectivity index (χ3n) is 6.65. The average molecular weight is 511 g/mol. The first-order valence-corrected chi connectivity index (χ1v) is 12.4. The second kappa shape index (κ2) is 10.1. The molecule has 0 saturated carbocycles. The first kappa shape index (κ1) is 23.9. The lowest BCUT2D eigenvalue weighted by Crippen LogP contribution is -2.18. The molecule has 0 radical (unpaired) electrons. The number of nitrogens with one attached hydrogen (secondary N) is 1. The first-order valence-electron chi connectivity index (χ1n) is 12.4. The summed E-state index contributed by atoms with van der Waals surface area (Å²) >= 11 is 0. The summed E-state index contributed by atoms with van der Waals surface area (Å²) in [5.41, 5.74) is 3.57. The predicted octanol–water partition coefficient (Wildman–Crippen LogP) is 6.83. The average Bonchev–Trinajstić information content (AvgIpc) is 2.98. The van der Waals surface area contributed by atoms with Gasteiger partial charge >= 0.3 is 5.97 Å². The van der Waals surface area contributed by atoms with Gasteiger partial charge in [-0.3, -0.25) is 4.79 Å². The Morgan fingerprint density at radius 1 is 0.641 bits per heavy atom. The summed E-state index contributed by atoms with van der Waals surface area (Å²) < 4.78 is 5.87. The van der Waals surface area contributed by atoms with Crippen LogP contribution >= 0.6 is 0 Å². The Balaban J connectivity index is 1.32. The molecule has 188 valence electrons. The molecule has 0 spiro atoms. The second-order valence-corrected chi connectivity index (χ2v) is 9.00. The number of hydrogen-bond donors (Lipinski definition) is 2. The Morgan fingerprint density at radius 2 is 1.23 bits per heavy atom. The van der Waals surface area contributed by atoms with Crippen LogP contribution in [0.2, 0.25) is 0 Å². The van der Waals surface area contributed by atoms with Gasteiger partial charge in [-0.2, -0.15) is 5.10 Å². The van der Waals surface area contributed by atoms with Crippen LogP contribution in [0.15, 0.2) is 120 Å². The minimum absolute atomic E-state index is 0.103. The van der Waals surface area contributed by atoms with Crippen molar-refractivity contribution in [3.63, 3.8) is 0 Å². The van der Waals surface area contributed by atoms with E-state index in [1.165, 1.54) is 6.21 Å². The van der Waals surface area contributed by atoms with Gasteiger partial charge in [0.05, 0.1) is 17.3 Å². The van der Waals surface area contributed by atoms with Gasteiger partial charge in [-0.1, -0.05) is 97.1 Å². The van der Waals surface area contributed by atoms with Crippen LogP contribution in [-0.4, -0.2) is 23.2 Å². The maximum atomic E-state index is 13.3. The number of rotatable bonds is 5. The zero-order valence-corrected chi connectivity index (χ0v) is 20.7. The molecule has 6 heteroatoms. The van der Waals surface area contributed by atoms with Crippen molar-refractivity contribution < 1.29 is 19.4 Å². The molecule has 0 aliphatic carbocycles. The van der Waals surface area contributed by atoms with Gasteiger partial charge in [-0.05, 0) is 45.1 Å². The van der Waals surface area contributed by atoms with Gasteiger partial charge < -0.3 is 9.84 Å². The largest absolute Gasteiger partial charge is 0.506 e. The summed E-state index contributed by atoms with van der Waals surface area (Å²) in [5.74, 6) is -0.875. The molecule has 0 saturated heterocycles. The van der Waals surface area contributed by atoms with Crippen LogP contribution < -0.4 is 10.2 Å². The summed E-state index contributed by atoms with van der Waals surface area (Å²) in [5, 5.41) is 19.6. The number of ether oxygens (including phenoxy) is 1. The summed E-state index contributed by atoms with van der Waals surface area (Å²) in [6.45, 7) is 0.